The summed E-state index contributed by atoms with van der Waals surface area (Å²) in [5, 5.41) is 14.8. The molecule has 0 fully saturated rings. The number of rotatable bonds is 4. The monoisotopic (exact) mass is 253 g/mol. The average Bonchev–Trinajstić information content (AvgIpc) is 2.40. The lowest BCUT2D eigenvalue weighted by atomic mass is 10.1. The Morgan fingerprint density at radius 2 is 1.84 bits per heavy atom. The van der Waals surface area contributed by atoms with Crippen molar-refractivity contribution in [2.45, 2.75) is 13.3 Å². The fourth-order valence-corrected chi connectivity index (χ4v) is 1.70. The molecule has 96 valence electrons. The summed E-state index contributed by atoms with van der Waals surface area (Å²) in [6, 6.07) is 11.7. The molecule has 0 atom stereocenters. The highest BCUT2D eigenvalue weighted by atomic mass is 15.1. The summed E-state index contributed by atoms with van der Waals surface area (Å²) in [6.45, 7) is 1.85. The Balaban J connectivity index is 2.16. The van der Waals surface area contributed by atoms with Gasteiger partial charge >= 0.3 is 0 Å². The van der Waals surface area contributed by atoms with Gasteiger partial charge in [-0.05, 0) is 24.6 Å². The molecular formula is C14H15N5. The maximum Gasteiger partial charge on any atom is 0.136 e. The van der Waals surface area contributed by atoms with Crippen molar-refractivity contribution in [1.29, 1.82) is 5.26 Å². The normalized spacial score (nSPS) is 9.74. The second-order valence-corrected chi connectivity index (χ2v) is 4.09. The van der Waals surface area contributed by atoms with Crippen molar-refractivity contribution in [1.82, 2.24) is 9.97 Å². The summed E-state index contributed by atoms with van der Waals surface area (Å²) in [5.41, 5.74) is 1.93. The fourth-order valence-electron chi connectivity index (χ4n) is 1.70. The lowest BCUT2D eigenvalue weighted by molar-refractivity contribution is 1.06. The molecule has 1 aromatic heterocycles. The van der Waals surface area contributed by atoms with E-state index in [1.54, 1.807) is 0 Å². The number of aryl methyl sites for hydroxylation is 1. The van der Waals surface area contributed by atoms with Crippen molar-refractivity contribution in [3.63, 3.8) is 0 Å². The van der Waals surface area contributed by atoms with Crippen molar-refractivity contribution >= 4 is 17.3 Å². The summed E-state index contributed by atoms with van der Waals surface area (Å²) in [7, 11) is 1.82. The molecule has 0 unspecified atom stereocenters. The molecule has 5 heteroatoms. The largest absolute Gasteiger partial charge is 0.373 e. The SMILES string of the molecule is CNc1cc(Nc2ccc(CC#N)cc2)nc(C)n1. The van der Waals surface area contributed by atoms with Gasteiger partial charge in [-0.2, -0.15) is 5.26 Å². The average molecular weight is 253 g/mol. The minimum absolute atomic E-state index is 0.427. The minimum Gasteiger partial charge on any atom is -0.373 e. The molecule has 1 heterocycles. The molecule has 19 heavy (non-hydrogen) atoms. The number of benzene rings is 1. The number of nitrogens with one attached hydrogen (secondary N) is 2. The first-order valence-electron chi connectivity index (χ1n) is 5.97. The van der Waals surface area contributed by atoms with E-state index in [1.807, 2.05) is 44.3 Å². The molecule has 0 saturated heterocycles. The zero-order valence-electron chi connectivity index (χ0n) is 10.9. The van der Waals surface area contributed by atoms with E-state index in [1.165, 1.54) is 0 Å². The van der Waals surface area contributed by atoms with Crippen LogP contribution in [0.2, 0.25) is 0 Å². The van der Waals surface area contributed by atoms with E-state index >= 15 is 0 Å². The summed E-state index contributed by atoms with van der Waals surface area (Å²) < 4.78 is 0. The van der Waals surface area contributed by atoms with Crippen molar-refractivity contribution in [3.8, 4) is 6.07 Å². The van der Waals surface area contributed by atoms with Gasteiger partial charge in [0.1, 0.15) is 17.5 Å². The van der Waals surface area contributed by atoms with Gasteiger partial charge in [-0.3, -0.25) is 0 Å². The zero-order valence-corrected chi connectivity index (χ0v) is 10.9. The molecule has 0 radical (unpaired) electrons. The second kappa shape index (κ2) is 5.83. The summed E-state index contributed by atoms with van der Waals surface area (Å²) in [6.07, 6.45) is 0.427. The van der Waals surface area contributed by atoms with E-state index in [9.17, 15) is 0 Å². The Hall–Kier alpha value is -2.61. The predicted octanol–water partition coefficient (Wildman–Crippen LogP) is 2.64. The Kier molecular flexibility index (Phi) is 3.94. The van der Waals surface area contributed by atoms with E-state index in [4.69, 9.17) is 5.26 Å². The molecule has 0 aliphatic rings. The van der Waals surface area contributed by atoms with Gasteiger partial charge in [0.25, 0.3) is 0 Å². The van der Waals surface area contributed by atoms with Crippen LogP contribution in [0.4, 0.5) is 17.3 Å². The van der Waals surface area contributed by atoms with Gasteiger partial charge in [0.2, 0.25) is 0 Å². The van der Waals surface area contributed by atoms with Gasteiger partial charge < -0.3 is 10.6 Å². The summed E-state index contributed by atoms with van der Waals surface area (Å²) >= 11 is 0. The van der Waals surface area contributed by atoms with Crippen LogP contribution < -0.4 is 10.6 Å². The maximum absolute atomic E-state index is 8.62. The predicted molar refractivity (Wildman–Crippen MR) is 75.4 cm³/mol. The van der Waals surface area contributed by atoms with Crippen molar-refractivity contribution in [2.75, 3.05) is 17.7 Å². The van der Waals surface area contributed by atoms with Crippen LogP contribution in [-0.4, -0.2) is 17.0 Å². The smallest absolute Gasteiger partial charge is 0.136 e. The zero-order chi connectivity index (χ0) is 13.7. The van der Waals surface area contributed by atoms with Crippen LogP contribution in [0.1, 0.15) is 11.4 Å². The highest BCUT2D eigenvalue weighted by Gasteiger charge is 2.01. The van der Waals surface area contributed by atoms with Crippen molar-refractivity contribution in [2.24, 2.45) is 0 Å². The lowest BCUT2D eigenvalue weighted by Gasteiger charge is -2.08. The molecule has 0 bridgehead atoms. The topological polar surface area (TPSA) is 73.6 Å². The first-order chi connectivity index (χ1) is 9.21. The van der Waals surface area contributed by atoms with Gasteiger partial charge in [0.05, 0.1) is 12.5 Å². The van der Waals surface area contributed by atoms with E-state index in [0.717, 1.165) is 22.9 Å². The maximum atomic E-state index is 8.62. The lowest BCUT2D eigenvalue weighted by Crippen LogP contribution is -2.01. The Morgan fingerprint density at radius 3 is 2.47 bits per heavy atom. The minimum atomic E-state index is 0.427. The first kappa shape index (κ1) is 12.8. The molecule has 5 nitrogen and oxygen atoms in total. The number of anilines is 3. The number of hydrogen-bond donors (Lipinski definition) is 2. The van der Waals surface area contributed by atoms with Gasteiger partial charge in [-0.25, -0.2) is 9.97 Å². The molecule has 2 aromatic rings. The van der Waals surface area contributed by atoms with E-state index < -0.39 is 0 Å². The number of aromatic nitrogens is 2. The van der Waals surface area contributed by atoms with Crippen LogP contribution in [0.5, 0.6) is 0 Å². The van der Waals surface area contributed by atoms with Gasteiger partial charge in [-0.15, -0.1) is 0 Å². The fraction of sp³-hybridized carbons (Fsp3) is 0.214. The third-order valence-electron chi connectivity index (χ3n) is 2.60. The highest BCUT2D eigenvalue weighted by Crippen LogP contribution is 2.17. The number of nitriles is 1. The van der Waals surface area contributed by atoms with E-state index in [0.29, 0.717) is 12.2 Å². The molecule has 2 rings (SSSR count). The second-order valence-electron chi connectivity index (χ2n) is 4.09. The quantitative estimate of drug-likeness (QED) is 0.876. The van der Waals surface area contributed by atoms with Crippen LogP contribution in [0.3, 0.4) is 0 Å². The molecule has 0 amide bonds. The Labute approximate surface area is 112 Å². The molecule has 1 aromatic carbocycles. The number of nitrogens with zero attached hydrogens (tertiary/aromatic N) is 3. The van der Waals surface area contributed by atoms with Crippen LogP contribution in [0, 0.1) is 18.3 Å². The first-order valence-corrected chi connectivity index (χ1v) is 5.97. The third-order valence-corrected chi connectivity index (χ3v) is 2.60. The van der Waals surface area contributed by atoms with Crippen LogP contribution in [0.15, 0.2) is 30.3 Å². The molecular weight excluding hydrogens is 238 g/mol. The van der Waals surface area contributed by atoms with Crippen molar-refractivity contribution < 1.29 is 0 Å². The third kappa shape index (κ3) is 3.42. The standard InChI is InChI=1S/C14H15N5/c1-10-17-13(16-2)9-14(18-10)19-12-5-3-11(4-6-12)7-8-15/h3-6,9H,7H2,1-2H3,(H2,16,17,18,19). The molecule has 0 spiro atoms. The van der Waals surface area contributed by atoms with Crippen LogP contribution >= 0.6 is 0 Å². The van der Waals surface area contributed by atoms with Gasteiger partial charge in [0, 0.05) is 18.8 Å². The van der Waals surface area contributed by atoms with Gasteiger partial charge in [-0.1, -0.05) is 12.1 Å². The summed E-state index contributed by atoms with van der Waals surface area (Å²) in [4.78, 5) is 8.56. The van der Waals surface area contributed by atoms with Gasteiger partial charge in [0.15, 0.2) is 0 Å². The number of hydrogen-bond acceptors (Lipinski definition) is 5. The van der Waals surface area contributed by atoms with Crippen LogP contribution in [-0.2, 0) is 6.42 Å². The summed E-state index contributed by atoms with van der Waals surface area (Å²) in [5.74, 6) is 2.22. The van der Waals surface area contributed by atoms with Crippen molar-refractivity contribution in [3.05, 3.63) is 41.7 Å². The Bertz CT molecular complexity index is 598. The van der Waals surface area contributed by atoms with E-state index in [2.05, 4.69) is 26.7 Å². The van der Waals surface area contributed by atoms with E-state index in [-0.39, 0.29) is 0 Å². The highest BCUT2D eigenvalue weighted by molar-refractivity contribution is 5.59. The molecule has 0 saturated carbocycles. The van der Waals surface area contributed by atoms with Crippen LogP contribution in [0.25, 0.3) is 0 Å². The molecule has 0 aliphatic heterocycles. The Morgan fingerprint density at radius 1 is 1.16 bits per heavy atom. The molecule has 0 aliphatic carbocycles. The molecule has 2 N–H and O–H groups in total.